The number of nitrogens with two attached hydrogens (primary N) is 1. The highest BCUT2D eigenvalue weighted by Crippen LogP contribution is 2.11. The van der Waals surface area contributed by atoms with Crippen molar-refractivity contribution in [1.29, 1.82) is 0 Å². The summed E-state index contributed by atoms with van der Waals surface area (Å²) in [7, 11) is 0. The molecule has 0 heterocycles. The molecule has 0 rings (SSSR count). The number of rotatable bonds is 9. The molecule has 0 aromatic carbocycles. The Bertz CT molecular complexity index is 330. The van der Waals surface area contributed by atoms with Crippen molar-refractivity contribution in [2.24, 2.45) is 17.6 Å². The van der Waals surface area contributed by atoms with E-state index in [-0.39, 0.29) is 25.3 Å². The number of carboxylic acid groups (broad SMARTS) is 2. The van der Waals surface area contributed by atoms with Gasteiger partial charge in [-0.1, -0.05) is 13.8 Å². The molecule has 0 saturated carbocycles. The summed E-state index contributed by atoms with van der Waals surface area (Å²) in [6.07, 6.45) is 0.109. The molecule has 1 amide bonds. The highest BCUT2D eigenvalue weighted by molar-refractivity contribution is 5.85. The summed E-state index contributed by atoms with van der Waals surface area (Å²) in [4.78, 5) is 33.2. The second-order valence-corrected chi connectivity index (χ2v) is 4.89. The maximum absolute atomic E-state index is 11.9. The highest BCUT2D eigenvalue weighted by atomic mass is 16.4. The summed E-state index contributed by atoms with van der Waals surface area (Å²) in [6, 6.07) is -1.19. The third kappa shape index (κ3) is 7.40. The van der Waals surface area contributed by atoms with Crippen molar-refractivity contribution in [1.82, 2.24) is 5.32 Å². The molecule has 0 bridgehead atoms. The van der Waals surface area contributed by atoms with E-state index in [4.69, 9.17) is 15.9 Å². The SMILES string of the molecule is CC(C)CC(CN)C(=O)NC(CCC(=O)O)C(=O)O. The Kier molecular flexibility index (Phi) is 7.74. The number of aliphatic carboxylic acids is 2. The lowest BCUT2D eigenvalue weighted by atomic mass is 9.96. The Labute approximate surface area is 112 Å². The van der Waals surface area contributed by atoms with Crippen molar-refractivity contribution in [2.75, 3.05) is 6.54 Å². The van der Waals surface area contributed by atoms with Crippen LogP contribution >= 0.6 is 0 Å². The molecule has 2 atom stereocenters. The van der Waals surface area contributed by atoms with Gasteiger partial charge in [0.05, 0.1) is 5.92 Å². The average Bonchev–Trinajstić information content (AvgIpc) is 2.30. The number of hydrogen-bond acceptors (Lipinski definition) is 4. The van der Waals surface area contributed by atoms with Gasteiger partial charge < -0.3 is 21.3 Å². The molecule has 0 aliphatic heterocycles. The van der Waals surface area contributed by atoms with Crippen LogP contribution in [0.1, 0.15) is 33.1 Å². The molecule has 7 heteroatoms. The zero-order valence-electron chi connectivity index (χ0n) is 11.3. The molecule has 0 radical (unpaired) electrons. The van der Waals surface area contributed by atoms with Gasteiger partial charge in [-0.2, -0.15) is 0 Å². The molecule has 0 aromatic rings. The van der Waals surface area contributed by atoms with Gasteiger partial charge in [-0.05, 0) is 18.8 Å². The zero-order valence-corrected chi connectivity index (χ0v) is 11.3. The van der Waals surface area contributed by atoms with Gasteiger partial charge >= 0.3 is 11.9 Å². The van der Waals surface area contributed by atoms with Crippen LogP contribution in [0.5, 0.6) is 0 Å². The van der Waals surface area contributed by atoms with Gasteiger partial charge in [0.25, 0.3) is 0 Å². The third-order valence-corrected chi connectivity index (χ3v) is 2.67. The van der Waals surface area contributed by atoms with Crippen LogP contribution in [-0.4, -0.2) is 40.6 Å². The lowest BCUT2D eigenvalue weighted by Crippen LogP contribution is -2.45. The molecule has 5 N–H and O–H groups in total. The van der Waals surface area contributed by atoms with Crippen molar-refractivity contribution in [3.63, 3.8) is 0 Å². The molecule has 0 saturated heterocycles. The van der Waals surface area contributed by atoms with Gasteiger partial charge in [0.2, 0.25) is 5.91 Å². The summed E-state index contributed by atoms with van der Waals surface area (Å²) in [6.45, 7) is 4.01. The van der Waals surface area contributed by atoms with Crippen LogP contribution in [0.4, 0.5) is 0 Å². The van der Waals surface area contributed by atoms with E-state index in [1.807, 2.05) is 13.8 Å². The van der Waals surface area contributed by atoms with Gasteiger partial charge in [0.1, 0.15) is 6.04 Å². The van der Waals surface area contributed by atoms with Crippen molar-refractivity contribution in [3.05, 3.63) is 0 Å². The first-order chi connectivity index (χ1) is 8.77. The van der Waals surface area contributed by atoms with E-state index < -0.39 is 29.8 Å². The maximum atomic E-state index is 11.9. The van der Waals surface area contributed by atoms with Crippen LogP contribution in [-0.2, 0) is 14.4 Å². The summed E-state index contributed by atoms with van der Waals surface area (Å²) in [5.74, 6) is -2.96. The number of nitrogens with one attached hydrogen (secondary N) is 1. The molecular weight excluding hydrogens is 252 g/mol. The Balaban J connectivity index is 4.51. The van der Waals surface area contributed by atoms with Gasteiger partial charge in [-0.3, -0.25) is 9.59 Å². The van der Waals surface area contributed by atoms with E-state index in [2.05, 4.69) is 5.32 Å². The number of carboxylic acids is 2. The Morgan fingerprint density at radius 1 is 1.21 bits per heavy atom. The fourth-order valence-electron chi connectivity index (χ4n) is 1.69. The van der Waals surface area contributed by atoms with Crippen LogP contribution in [0.15, 0.2) is 0 Å². The largest absolute Gasteiger partial charge is 0.481 e. The van der Waals surface area contributed by atoms with Gasteiger partial charge in [-0.25, -0.2) is 4.79 Å². The van der Waals surface area contributed by atoms with E-state index in [9.17, 15) is 14.4 Å². The quantitative estimate of drug-likeness (QED) is 0.469. The van der Waals surface area contributed by atoms with Crippen LogP contribution < -0.4 is 11.1 Å². The van der Waals surface area contributed by atoms with Crippen LogP contribution in [0.25, 0.3) is 0 Å². The molecule has 0 fully saturated rings. The first-order valence-corrected chi connectivity index (χ1v) is 6.23. The molecule has 0 aromatic heterocycles. The van der Waals surface area contributed by atoms with Gasteiger partial charge in [0.15, 0.2) is 0 Å². The summed E-state index contributed by atoms with van der Waals surface area (Å²) in [5.41, 5.74) is 5.49. The topological polar surface area (TPSA) is 130 Å². The molecule has 0 spiro atoms. The van der Waals surface area contributed by atoms with E-state index in [0.717, 1.165) is 0 Å². The molecular formula is C12H22N2O5. The van der Waals surface area contributed by atoms with Crippen LogP contribution in [0.2, 0.25) is 0 Å². The second kappa shape index (κ2) is 8.47. The average molecular weight is 274 g/mol. The molecule has 19 heavy (non-hydrogen) atoms. The summed E-state index contributed by atoms with van der Waals surface area (Å²) < 4.78 is 0. The summed E-state index contributed by atoms with van der Waals surface area (Å²) >= 11 is 0. The second-order valence-electron chi connectivity index (χ2n) is 4.89. The first kappa shape index (κ1) is 17.4. The van der Waals surface area contributed by atoms with Crippen LogP contribution in [0.3, 0.4) is 0 Å². The molecule has 2 unspecified atom stereocenters. The minimum atomic E-state index is -1.24. The predicted molar refractivity (Wildman–Crippen MR) is 68.4 cm³/mol. The standard InChI is InChI=1S/C12H22N2O5/c1-7(2)5-8(6-13)11(17)14-9(12(18)19)3-4-10(15)16/h7-9H,3-6,13H2,1-2H3,(H,14,17)(H,15,16)(H,18,19). The first-order valence-electron chi connectivity index (χ1n) is 6.23. The highest BCUT2D eigenvalue weighted by Gasteiger charge is 2.25. The fraction of sp³-hybridized carbons (Fsp3) is 0.750. The Morgan fingerprint density at radius 2 is 1.79 bits per heavy atom. The number of carbonyl (C=O) groups is 3. The van der Waals surface area contributed by atoms with E-state index in [1.54, 1.807) is 0 Å². The predicted octanol–water partition coefficient (Wildman–Crippen LogP) is 0.0416. The molecule has 0 aliphatic carbocycles. The van der Waals surface area contributed by atoms with Crippen molar-refractivity contribution in [2.45, 2.75) is 39.2 Å². The van der Waals surface area contributed by atoms with Gasteiger partial charge in [0, 0.05) is 13.0 Å². The minimum absolute atomic E-state index is 0.134. The lowest BCUT2D eigenvalue weighted by molar-refractivity contribution is -0.143. The lowest BCUT2D eigenvalue weighted by Gasteiger charge is -2.20. The number of carbonyl (C=O) groups excluding carboxylic acids is 1. The van der Waals surface area contributed by atoms with E-state index in [1.165, 1.54) is 0 Å². The van der Waals surface area contributed by atoms with Crippen LogP contribution in [0, 0.1) is 11.8 Å². The Hall–Kier alpha value is -1.63. The number of amides is 1. The zero-order chi connectivity index (χ0) is 15.0. The Morgan fingerprint density at radius 3 is 2.16 bits per heavy atom. The van der Waals surface area contributed by atoms with Crippen molar-refractivity contribution < 1.29 is 24.6 Å². The third-order valence-electron chi connectivity index (χ3n) is 2.67. The van der Waals surface area contributed by atoms with Gasteiger partial charge in [-0.15, -0.1) is 0 Å². The summed E-state index contributed by atoms with van der Waals surface area (Å²) in [5, 5.41) is 19.8. The minimum Gasteiger partial charge on any atom is -0.481 e. The smallest absolute Gasteiger partial charge is 0.326 e. The molecule has 0 aliphatic rings. The van der Waals surface area contributed by atoms with Crippen molar-refractivity contribution >= 4 is 17.8 Å². The maximum Gasteiger partial charge on any atom is 0.326 e. The van der Waals surface area contributed by atoms with Crippen molar-refractivity contribution in [3.8, 4) is 0 Å². The molecule has 7 nitrogen and oxygen atoms in total. The normalized spacial score (nSPS) is 13.9. The molecule has 110 valence electrons. The van der Waals surface area contributed by atoms with E-state index in [0.29, 0.717) is 6.42 Å². The van der Waals surface area contributed by atoms with E-state index >= 15 is 0 Å². The monoisotopic (exact) mass is 274 g/mol. The number of hydrogen-bond donors (Lipinski definition) is 4. The fourth-order valence-corrected chi connectivity index (χ4v) is 1.69.